The molecule has 1 heteroatoms. The van der Waals surface area contributed by atoms with E-state index in [1.54, 1.807) is 0 Å². The fourth-order valence-electron chi connectivity index (χ4n) is 2.70. The minimum absolute atomic E-state index is 0.509. The maximum absolute atomic E-state index is 2.69. The molecule has 2 bridgehead atoms. The maximum atomic E-state index is 2.69. The van der Waals surface area contributed by atoms with Gasteiger partial charge in [-0.05, 0) is 30.7 Å². The average Bonchev–Trinajstić information content (AvgIpc) is 2.42. The second-order valence-corrected chi connectivity index (χ2v) is 5.27. The van der Waals surface area contributed by atoms with Gasteiger partial charge < -0.3 is 0 Å². The third kappa shape index (κ3) is 1.20. The molecule has 0 spiro atoms. The van der Waals surface area contributed by atoms with Gasteiger partial charge in [0.05, 0.1) is 0 Å². The molecule has 3 atom stereocenters. The van der Waals surface area contributed by atoms with Crippen LogP contribution in [0.4, 0.5) is 0 Å². The van der Waals surface area contributed by atoms with Crippen molar-refractivity contribution in [3.8, 4) is 0 Å². The van der Waals surface area contributed by atoms with Crippen molar-refractivity contribution in [2.75, 3.05) is 13.1 Å². The molecule has 0 N–H and O–H groups in total. The number of piperidine rings is 1. The van der Waals surface area contributed by atoms with Gasteiger partial charge in [-0.15, -0.1) is 0 Å². The van der Waals surface area contributed by atoms with E-state index in [-0.39, 0.29) is 0 Å². The number of hydrogen-bond donors (Lipinski definition) is 0. The van der Waals surface area contributed by atoms with E-state index in [9.17, 15) is 0 Å². The lowest BCUT2D eigenvalue weighted by atomic mass is 9.82. The Morgan fingerprint density at radius 2 is 2.00 bits per heavy atom. The predicted octanol–water partition coefficient (Wildman–Crippen LogP) is 2.13. The molecule has 0 saturated carbocycles. The molecular weight excluding hydrogens is 134 g/mol. The smallest absolute Gasteiger partial charge is 0.0147 e. The molecule has 3 unspecified atom stereocenters. The molecule has 0 aliphatic carbocycles. The van der Waals surface area contributed by atoms with E-state index in [2.05, 4.69) is 25.7 Å². The summed E-state index contributed by atoms with van der Waals surface area (Å²) in [5.41, 5.74) is 0.509. The van der Waals surface area contributed by atoms with Crippen LogP contribution < -0.4 is 0 Å². The van der Waals surface area contributed by atoms with Gasteiger partial charge in [-0.1, -0.05) is 20.8 Å². The van der Waals surface area contributed by atoms with Crippen LogP contribution in [0.2, 0.25) is 0 Å². The van der Waals surface area contributed by atoms with Gasteiger partial charge in [-0.3, -0.25) is 4.90 Å². The van der Waals surface area contributed by atoms with E-state index in [0.29, 0.717) is 5.41 Å². The third-order valence-corrected chi connectivity index (χ3v) is 3.31. The number of nitrogens with zero attached hydrogens (tertiary/aromatic N) is 1. The van der Waals surface area contributed by atoms with Gasteiger partial charge in [0, 0.05) is 12.6 Å². The summed E-state index contributed by atoms with van der Waals surface area (Å²) in [5, 5.41) is 0. The standard InChI is InChI=1S/C10H19N/c1-10(2,3)9-6-8-4-5-11(9)7-8/h8-9H,4-7H2,1-3H3. The topological polar surface area (TPSA) is 3.24 Å². The lowest BCUT2D eigenvalue weighted by molar-refractivity contribution is 0.138. The first-order valence-electron chi connectivity index (χ1n) is 4.81. The lowest BCUT2D eigenvalue weighted by Crippen LogP contribution is -2.39. The second-order valence-electron chi connectivity index (χ2n) is 5.27. The van der Waals surface area contributed by atoms with Gasteiger partial charge in [0.2, 0.25) is 0 Å². The molecular formula is C10H19N. The molecule has 11 heavy (non-hydrogen) atoms. The molecule has 2 saturated heterocycles. The molecule has 0 amide bonds. The zero-order chi connectivity index (χ0) is 8.06. The quantitative estimate of drug-likeness (QED) is 0.515. The molecule has 0 radical (unpaired) electrons. The average molecular weight is 153 g/mol. The van der Waals surface area contributed by atoms with Crippen molar-refractivity contribution in [2.45, 2.75) is 39.7 Å². The molecule has 2 heterocycles. The minimum atomic E-state index is 0.509. The van der Waals surface area contributed by atoms with Crippen molar-refractivity contribution in [3.05, 3.63) is 0 Å². The van der Waals surface area contributed by atoms with Crippen LogP contribution in [0.15, 0.2) is 0 Å². The molecule has 2 rings (SSSR count). The molecule has 1 nitrogen and oxygen atoms in total. The van der Waals surface area contributed by atoms with Gasteiger partial charge in [-0.25, -0.2) is 0 Å². The van der Waals surface area contributed by atoms with Crippen LogP contribution in [-0.2, 0) is 0 Å². The Morgan fingerprint density at radius 1 is 1.27 bits per heavy atom. The first-order chi connectivity index (χ1) is 5.07. The van der Waals surface area contributed by atoms with Crippen LogP contribution in [-0.4, -0.2) is 24.0 Å². The molecule has 64 valence electrons. The van der Waals surface area contributed by atoms with Crippen LogP contribution in [0.25, 0.3) is 0 Å². The fourth-order valence-corrected chi connectivity index (χ4v) is 2.70. The van der Waals surface area contributed by atoms with Crippen molar-refractivity contribution in [1.29, 1.82) is 0 Å². The van der Waals surface area contributed by atoms with Crippen molar-refractivity contribution < 1.29 is 0 Å². The SMILES string of the molecule is CC(C)(C)C1CC2CCN1C2. The molecule has 0 aromatic rings. The second kappa shape index (κ2) is 2.22. The van der Waals surface area contributed by atoms with Crippen molar-refractivity contribution in [1.82, 2.24) is 4.90 Å². The van der Waals surface area contributed by atoms with Crippen molar-refractivity contribution in [3.63, 3.8) is 0 Å². The monoisotopic (exact) mass is 153 g/mol. The maximum Gasteiger partial charge on any atom is 0.0147 e. The first kappa shape index (κ1) is 7.60. The summed E-state index contributed by atoms with van der Waals surface area (Å²) in [4.78, 5) is 2.69. The minimum Gasteiger partial charge on any atom is -0.300 e. The Labute approximate surface area is 69.8 Å². The van der Waals surface area contributed by atoms with E-state index < -0.39 is 0 Å². The van der Waals surface area contributed by atoms with Crippen LogP contribution in [0.1, 0.15) is 33.6 Å². The van der Waals surface area contributed by atoms with Gasteiger partial charge in [0.1, 0.15) is 0 Å². The summed E-state index contributed by atoms with van der Waals surface area (Å²) in [6.07, 6.45) is 2.93. The Bertz CT molecular complexity index is 157. The zero-order valence-electron chi connectivity index (χ0n) is 7.93. The molecule has 0 aromatic heterocycles. The molecule has 0 aromatic carbocycles. The normalized spacial score (nSPS) is 43.4. The number of fused-ring (bicyclic) bond motifs is 2. The summed E-state index contributed by atoms with van der Waals surface area (Å²) in [7, 11) is 0. The summed E-state index contributed by atoms with van der Waals surface area (Å²) < 4.78 is 0. The Hall–Kier alpha value is -0.0400. The van der Waals surface area contributed by atoms with Crippen LogP contribution in [0.3, 0.4) is 0 Å². The molecule has 2 aliphatic rings. The highest BCUT2D eigenvalue weighted by Crippen LogP contribution is 2.40. The largest absolute Gasteiger partial charge is 0.300 e. The zero-order valence-corrected chi connectivity index (χ0v) is 7.93. The summed E-state index contributed by atoms with van der Waals surface area (Å²) in [6, 6.07) is 0.876. The molecule has 2 aliphatic heterocycles. The van der Waals surface area contributed by atoms with Crippen LogP contribution >= 0.6 is 0 Å². The fraction of sp³-hybridized carbons (Fsp3) is 1.00. The van der Waals surface area contributed by atoms with Gasteiger partial charge >= 0.3 is 0 Å². The van der Waals surface area contributed by atoms with Gasteiger partial charge in [0.25, 0.3) is 0 Å². The highest BCUT2D eigenvalue weighted by atomic mass is 15.2. The van der Waals surface area contributed by atoms with Crippen molar-refractivity contribution in [2.24, 2.45) is 11.3 Å². The van der Waals surface area contributed by atoms with Gasteiger partial charge in [0.15, 0.2) is 0 Å². The predicted molar refractivity (Wildman–Crippen MR) is 47.5 cm³/mol. The Balaban J connectivity index is 2.08. The highest BCUT2D eigenvalue weighted by molar-refractivity contribution is 4.96. The van der Waals surface area contributed by atoms with Crippen LogP contribution in [0.5, 0.6) is 0 Å². The summed E-state index contributed by atoms with van der Waals surface area (Å²) >= 11 is 0. The Kier molecular flexibility index (Phi) is 1.54. The van der Waals surface area contributed by atoms with Crippen LogP contribution in [0, 0.1) is 11.3 Å². The summed E-state index contributed by atoms with van der Waals surface area (Å²) in [5.74, 6) is 1.04. The van der Waals surface area contributed by atoms with E-state index >= 15 is 0 Å². The van der Waals surface area contributed by atoms with E-state index in [0.717, 1.165) is 12.0 Å². The van der Waals surface area contributed by atoms with Gasteiger partial charge in [-0.2, -0.15) is 0 Å². The molecule has 2 fully saturated rings. The third-order valence-electron chi connectivity index (χ3n) is 3.31. The first-order valence-corrected chi connectivity index (χ1v) is 4.81. The van der Waals surface area contributed by atoms with Crippen molar-refractivity contribution >= 4 is 0 Å². The van der Waals surface area contributed by atoms with E-state index in [1.807, 2.05) is 0 Å². The number of hydrogen-bond acceptors (Lipinski definition) is 1. The lowest BCUT2D eigenvalue weighted by Gasteiger charge is -2.35. The highest BCUT2D eigenvalue weighted by Gasteiger charge is 2.42. The van der Waals surface area contributed by atoms with E-state index in [1.165, 1.54) is 25.9 Å². The number of rotatable bonds is 0. The Morgan fingerprint density at radius 3 is 2.27 bits per heavy atom. The summed E-state index contributed by atoms with van der Waals surface area (Å²) in [6.45, 7) is 9.88. The van der Waals surface area contributed by atoms with E-state index in [4.69, 9.17) is 0 Å².